The predicted molar refractivity (Wildman–Crippen MR) is 184 cm³/mol. The number of aliphatic hydroxyl groups excluding tert-OH is 3. The van der Waals surface area contributed by atoms with E-state index in [2.05, 4.69) is 38.1 Å². The number of imidazole rings is 2. The van der Waals surface area contributed by atoms with Crippen LogP contribution in [-0.4, -0.2) is 134 Å². The molecule has 0 saturated carbocycles. The lowest BCUT2D eigenvalue weighted by Gasteiger charge is -2.22. The number of nitrogens with one attached hydrogen (secondary N) is 2. The van der Waals surface area contributed by atoms with Gasteiger partial charge in [-0.3, -0.25) is 28.0 Å². The fourth-order valence-corrected chi connectivity index (χ4v) is 9.65. The van der Waals surface area contributed by atoms with E-state index >= 15 is 0 Å². The van der Waals surface area contributed by atoms with Crippen LogP contribution < -0.4 is 21.6 Å². The normalized spacial score (nSPS) is 28.8. The fraction of sp³-hybridized carbons (Fsp3) is 0.583. The van der Waals surface area contributed by atoms with Gasteiger partial charge in [0.15, 0.2) is 23.1 Å². The van der Waals surface area contributed by atoms with Gasteiger partial charge in [0.2, 0.25) is 11.7 Å². The van der Waals surface area contributed by atoms with Crippen LogP contribution in [0.25, 0.3) is 22.3 Å². The minimum Gasteiger partial charge on any atom is -0.387 e. The highest BCUT2D eigenvalue weighted by Crippen LogP contribution is 2.67. The molecule has 2 aliphatic rings. The maximum Gasteiger partial charge on any atom is 0.490 e. The Labute approximate surface area is 317 Å². The maximum atomic E-state index is 12.7. The number of methoxy groups -OCH3 is 1. The Balaban J connectivity index is 1.07. The molecule has 28 nitrogen and oxygen atoms in total. The minimum atomic E-state index is -5.99. The number of phosphoric acid groups is 3. The van der Waals surface area contributed by atoms with E-state index in [0.717, 1.165) is 4.57 Å². The molecule has 6 rings (SSSR count). The third-order valence-electron chi connectivity index (χ3n) is 8.27. The third kappa shape index (κ3) is 8.95. The Morgan fingerprint density at radius 2 is 1.55 bits per heavy atom. The predicted octanol–water partition coefficient (Wildman–Crippen LogP) is -2.51. The highest BCUT2D eigenvalue weighted by Gasteiger charge is 2.50. The summed E-state index contributed by atoms with van der Waals surface area (Å²) in [5.74, 6) is -0.338. The first-order valence-corrected chi connectivity index (χ1v) is 20.7. The smallest absolute Gasteiger partial charge is 0.387 e. The summed E-state index contributed by atoms with van der Waals surface area (Å²) < 4.78 is 81.7. The largest absolute Gasteiger partial charge is 0.490 e. The first-order valence-electron chi connectivity index (χ1n) is 15.8. The number of nitrogens with zero attached hydrogens (tertiary/aromatic N) is 6. The van der Waals surface area contributed by atoms with E-state index in [0.29, 0.717) is 0 Å². The number of aromatic amines is 2. The molecule has 2 aliphatic heterocycles. The number of anilines is 2. The summed E-state index contributed by atoms with van der Waals surface area (Å²) in [6.07, 6.45) is -9.44. The number of nitrogens with two attached hydrogens (primary N) is 2. The van der Waals surface area contributed by atoms with Crippen LogP contribution in [0.2, 0.25) is 0 Å². The number of H-pyrrole nitrogens is 2. The maximum absolute atomic E-state index is 12.7. The number of aromatic nitrogens is 8. The van der Waals surface area contributed by atoms with E-state index in [1.807, 2.05) is 0 Å². The zero-order chi connectivity index (χ0) is 40.9. The van der Waals surface area contributed by atoms with Crippen LogP contribution in [0.15, 0.2) is 17.4 Å². The molecule has 2 saturated heterocycles. The lowest BCUT2D eigenvalue weighted by Crippen LogP contribution is -2.46. The molecule has 32 heteroatoms. The van der Waals surface area contributed by atoms with Crippen LogP contribution in [0.4, 0.5) is 11.9 Å². The first kappa shape index (κ1) is 42.5. The Kier molecular flexibility index (Phi) is 12.3. The molecular weight excluding hydrogens is 841 g/mol. The second-order valence-electron chi connectivity index (χ2n) is 12.1. The number of ether oxygens (including phenoxy) is 4. The van der Waals surface area contributed by atoms with Crippen molar-refractivity contribution in [1.82, 2.24) is 34.1 Å². The molecule has 310 valence electrons. The molecule has 56 heavy (non-hydrogen) atoms. The molecular formula is C24H36N10O18P3S+. The highest BCUT2D eigenvalue weighted by molar-refractivity contribution is 7.71. The van der Waals surface area contributed by atoms with Crippen molar-refractivity contribution in [3.8, 4) is 0 Å². The molecule has 0 bridgehead atoms. The van der Waals surface area contributed by atoms with Gasteiger partial charge in [-0.1, -0.05) is 17.2 Å². The average Bonchev–Trinajstić information content (AvgIpc) is 3.81. The summed E-state index contributed by atoms with van der Waals surface area (Å²) in [6, 6.07) is 0. The monoisotopic (exact) mass is 877 g/mol. The van der Waals surface area contributed by atoms with Crippen molar-refractivity contribution in [1.29, 1.82) is 0 Å². The summed E-state index contributed by atoms with van der Waals surface area (Å²) in [5, 5.41) is 32.3. The van der Waals surface area contributed by atoms with Gasteiger partial charge >= 0.3 is 29.1 Å². The number of phosphoric ester groups is 2. The summed E-state index contributed by atoms with van der Waals surface area (Å²) in [5.41, 5.74) is 11.2. The molecule has 5 unspecified atom stereocenters. The lowest BCUT2D eigenvalue weighted by atomic mass is 10.1. The van der Waals surface area contributed by atoms with Gasteiger partial charge in [0.1, 0.15) is 47.8 Å². The molecule has 4 aromatic rings. The van der Waals surface area contributed by atoms with E-state index in [9.17, 15) is 48.5 Å². The summed E-state index contributed by atoms with van der Waals surface area (Å²) in [6.45, 7) is -1.99. The zero-order valence-electron chi connectivity index (χ0n) is 28.8. The molecule has 0 aliphatic carbocycles. The van der Waals surface area contributed by atoms with Gasteiger partial charge in [-0.15, -0.1) is 0 Å². The van der Waals surface area contributed by atoms with Gasteiger partial charge in [-0.2, -0.15) is 8.62 Å². The summed E-state index contributed by atoms with van der Waals surface area (Å²) in [7, 11) is -14.5. The molecule has 11 atom stereocenters. The SMILES string of the molecule is COCCO[C@H]1C(O)[C@@H](COP(=O)(O)OP(=O)(O)OP(=O)(O)OC[C@H]2O[C@@H]([n+]3cn(C)c4c(=O)[nH]c(N)nc43)[C@@H](O)C2O)O[C@H]1n1cnc2c(=S)nc(N)[nH]c21. The van der Waals surface area contributed by atoms with E-state index < -0.39 is 91.3 Å². The third-order valence-corrected chi connectivity index (χ3v) is 12.8. The first-order chi connectivity index (χ1) is 26.2. The average molecular weight is 878 g/mol. The van der Waals surface area contributed by atoms with Crippen LogP contribution in [-0.2, 0) is 57.4 Å². The number of aliphatic hydroxyl groups is 3. The number of hydrogen-bond donors (Lipinski definition) is 10. The van der Waals surface area contributed by atoms with Crippen molar-refractivity contribution in [2.24, 2.45) is 7.05 Å². The molecule has 12 N–H and O–H groups in total. The van der Waals surface area contributed by atoms with E-state index in [1.54, 1.807) is 0 Å². The number of aryl methyl sites for hydroxylation is 1. The lowest BCUT2D eigenvalue weighted by molar-refractivity contribution is -0.745. The molecule has 0 spiro atoms. The standard InChI is InChI=1S/C24H35N10O18P3S/c1-32-8-34(18-12(32)19(38)30-23(25)29-18)21-15(37)13(35)9(49-21)5-47-53(39,40)51-55(43,44)52-54(41,42)48-6-10-14(36)16(46-4-3-45-2)22(50-10)33-7-27-11-17(33)28-24(26)31-20(11)56/h7-10,13-16,21-22,35-37H,3-6H2,1-2H3,(H8-,25,26,28,29,30,31,38,39,40,41,42,43,44,56)/p+1/t9-,10-,13?,14?,15+,16+,21-,22-/m1/s1. The van der Waals surface area contributed by atoms with Crippen LogP contribution in [0.1, 0.15) is 12.5 Å². The molecule has 0 amide bonds. The van der Waals surface area contributed by atoms with Crippen LogP contribution >= 0.6 is 35.7 Å². The summed E-state index contributed by atoms with van der Waals surface area (Å²) >= 11 is 5.19. The fourth-order valence-electron chi connectivity index (χ4n) is 5.88. The van der Waals surface area contributed by atoms with Gasteiger partial charge in [0.05, 0.1) is 39.8 Å². The van der Waals surface area contributed by atoms with E-state index in [4.69, 9.17) is 47.2 Å². The Hall–Kier alpha value is -3.15. The second-order valence-corrected chi connectivity index (χ2v) is 17.1. The number of fused-ring (bicyclic) bond motifs is 2. The highest BCUT2D eigenvalue weighted by atomic mass is 32.1. The van der Waals surface area contributed by atoms with Gasteiger partial charge in [-0.25, -0.2) is 28.2 Å². The van der Waals surface area contributed by atoms with Crippen molar-refractivity contribution >= 4 is 69.9 Å². The Morgan fingerprint density at radius 3 is 2.20 bits per heavy atom. The Bertz CT molecular complexity index is 2360. The van der Waals surface area contributed by atoms with Crippen molar-refractivity contribution in [3.63, 3.8) is 0 Å². The van der Waals surface area contributed by atoms with Crippen molar-refractivity contribution in [3.05, 3.63) is 27.6 Å². The van der Waals surface area contributed by atoms with Gasteiger partial charge in [-0.05, 0) is 0 Å². The van der Waals surface area contributed by atoms with Crippen LogP contribution in [0.3, 0.4) is 0 Å². The van der Waals surface area contributed by atoms with E-state index in [-0.39, 0.29) is 52.1 Å². The Morgan fingerprint density at radius 1 is 0.929 bits per heavy atom. The summed E-state index contributed by atoms with van der Waals surface area (Å²) in [4.78, 5) is 60.0. The number of hydrogen-bond acceptors (Lipinski definition) is 21. The van der Waals surface area contributed by atoms with Crippen molar-refractivity contribution in [2.45, 2.75) is 49.1 Å². The number of nitrogen functional groups attached to an aromatic ring is 2. The van der Waals surface area contributed by atoms with Crippen LogP contribution in [0, 0.1) is 4.64 Å². The topological polar surface area (TPSA) is 400 Å². The number of rotatable bonds is 16. The quantitative estimate of drug-likeness (QED) is 0.0240. The molecule has 4 aromatic heterocycles. The molecule has 0 aromatic carbocycles. The molecule has 0 radical (unpaired) electrons. The second kappa shape index (κ2) is 16.2. The molecule has 2 fully saturated rings. The van der Waals surface area contributed by atoms with Crippen LogP contribution in [0.5, 0.6) is 0 Å². The van der Waals surface area contributed by atoms with Gasteiger partial charge in [0.25, 0.3) is 11.5 Å². The van der Waals surface area contributed by atoms with E-state index in [1.165, 1.54) is 35.9 Å². The van der Waals surface area contributed by atoms with Gasteiger partial charge in [0, 0.05) is 7.11 Å². The van der Waals surface area contributed by atoms with Gasteiger partial charge < -0.3 is 65.4 Å². The minimum absolute atomic E-state index is 0.0196. The van der Waals surface area contributed by atoms with Crippen molar-refractivity contribution < 1.29 is 84.9 Å². The molecule has 6 heterocycles. The zero-order valence-corrected chi connectivity index (χ0v) is 32.3. The van der Waals surface area contributed by atoms with Crippen molar-refractivity contribution in [2.75, 3.05) is 45.0 Å².